The fraction of sp³-hybridized carbons (Fsp3) is 0.178. The van der Waals surface area contributed by atoms with Gasteiger partial charge < -0.3 is 26.6 Å². The van der Waals surface area contributed by atoms with Crippen LogP contribution in [0.4, 0.5) is 28.4 Å². The lowest BCUT2D eigenvalue weighted by Gasteiger charge is -2.26. The third-order valence-electron chi connectivity index (χ3n) is 23.0. The molecule has 5 aromatic heterocycles. The van der Waals surface area contributed by atoms with Crippen molar-refractivity contribution >= 4 is 28.4 Å². The van der Waals surface area contributed by atoms with Crippen molar-refractivity contribution in [2.45, 2.75) is 141 Å². The molecule has 12 aromatic carbocycles. The Labute approximate surface area is 760 Å². The predicted molar refractivity (Wildman–Crippen MR) is 540 cm³/mol. The molecule has 17 rings (SSSR count). The van der Waals surface area contributed by atoms with Crippen molar-refractivity contribution in [1.82, 2.24) is 24.9 Å². The molecule has 0 bridgehead atoms. The Morgan fingerprint density at radius 2 is 0.555 bits per heavy atom. The molecular weight excluding hydrogens is 1560 g/mol. The van der Waals surface area contributed by atoms with Crippen LogP contribution in [-0.2, 0) is 13.0 Å². The first kappa shape index (κ1) is 91.1. The average Bonchev–Trinajstić information content (AvgIpc) is 0.792. The number of pyridine rings is 5. The van der Waals surface area contributed by atoms with Crippen molar-refractivity contribution in [1.29, 1.82) is 0 Å². The van der Waals surface area contributed by atoms with E-state index in [0.29, 0.717) is 0 Å². The Bertz CT molecular complexity index is 6240. The Hall–Kier alpha value is -14.6. The minimum absolute atomic E-state index is 0.0394. The van der Waals surface area contributed by atoms with Gasteiger partial charge in [0.05, 0.1) is 64.9 Å². The van der Waals surface area contributed by atoms with Crippen LogP contribution >= 0.6 is 0 Å². The fourth-order valence-electron chi connectivity index (χ4n) is 17.4. The normalized spacial score (nSPS) is 11.6. The molecule has 5 N–H and O–H groups in total. The number of nitrogens with one attached hydrogen (secondary N) is 5. The number of rotatable bonds is 23. The maximum absolute atomic E-state index is 5.17. The van der Waals surface area contributed by atoms with Crippen LogP contribution in [0.5, 0.6) is 0 Å². The molecular formula is C118H120N10. The SMILES string of the molecule is Cc1cc(C)c(NC(Cc2ccccc2)c2ccccn2)c(C)c1.Cc1cc(C)c(NC(c2cccc(-c3ccccc3)n2)c2ccccc2-c2ccccc2)c(C)c1.Cc1cc(C)c(NC(c2ccccc2)c2ccccn2)c(C)c1.Cc1cc(C)c(NC(c2ccccn2)c2ccccc2-c2ccccc2)c(C)c1.Cc1cc(C)c(NCc2ccccn2)c(C)c1. The summed E-state index contributed by atoms with van der Waals surface area (Å²) in [7, 11) is 0. The van der Waals surface area contributed by atoms with Crippen LogP contribution in [0.1, 0.15) is 158 Å². The van der Waals surface area contributed by atoms with Gasteiger partial charge in [0.15, 0.2) is 0 Å². The number of aryl methyl sites for hydroxylation is 15. The Morgan fingerprint density at radius 3 is 0.953 bits per heavy atom. The Morgan fingerprint density at radius 1 is 0.242 bits per heavy atom. The first-order valence-electron chi connectivity index (χ1n) is 44.4. The lowest BCUT2D eigenvalue weighted by molar-refractivity contribution is 0.744. The van der Waals surface area contributed by atoms with Gasteiger partial charge in [-0.15, -0.1) is 0 Å². The van der Waals surface area contributed by atoms with Crippen LogP contribution < -0.4 is 26.6 Å². The number of nitrogens with zero attached hydrogens (tertiary/aromatic N) is 5. The predicted octanol–water partition coefficient (Wildman–Crippen LogP) is 29.6. The van der Waals surface area contributed by atoms with Crippen LogP contribution in [-0.4, -0.2) is 24.9 Å². The van der Waals surface area contributed by atoms with Gasteiger partial charge >= 0.3 is 0 Å². The Balaban J connectivity index is 0.000000139. The maximum Gasteiger partial charge on any atom is 0.0946 e. The molecule has 5 heterocycles. The van der Waals surface area contributed by atoms with E-state index >= 15 is 0 Å². The van der Waals surface area contributed by atoms with Crippen LogP contribution in [0.3, 0.4) is 0 Å². The smallest absolute Gasteiger partial charge is 0.0946 e. The molecule has 17 aromatic rings. The molecule has 4 unspecified atom stereocenters. The monoisotopic (exact) mass is 1680 g/mol. The molecule has 0 saturated carbocycles. The van der Waals surface area contributed by atoms with Gasteiger partial charge in [-0.05, 0) is 271 Å². The number of aromatic nitrogens is 5. The highest BCUT2D eigenvalue weighted by atomic mass is 15.0. The highest BCUT2D eigenvalue weighted by Crippen LogP contribution is 2.40. The lowest BCUT2D eigenvalue weighted by atomic mass is 9.92. The van der Waals surface area contributed by atoms with Gasteiger partial charge in [-0.3, -0.25) is 24.9 Å². The van der Waals surface area contributed by atoms with Gasteiger partial charge in [0.25, 0.3) is 0 Å². The van der Waals surface area contributed by atoms with Crippen LogP contribution in [0.15, 0.2) is 377 Å². The molecule has 0 spiro atoms. The minimum atomic E-state index is -0.116. The highest BCUT2D eigenvalue weighted by Gasteiger charge is 2.25. The van der Waals surface area contributed by atoms with E-state index in [1.807, 2.05) is 79.4 Å². The standard InChI is InChI=1S/C33H30N2.C27H26N2.C22H24N2.C21H22N2.C15H18N2/c1-23-21-24(2)32(25(3)22-23)35-33(29-18-11-10-17-28(29)26-13-6-4-7-14-26)31-20-12-19-30(34-31)27-15-8-5-9-16-27;1-19-17-20(2)26(21(3)18-19)29-27(25-15-9-10-16-28-25)24-14-8-7-13-23(24)22-11-5-4-6-12-22;1-16-13-17(2)22(18(3)14-16)24-21(20-11-7-8-12-23-20)15-19-9-5-4-6-10-19;1-15-13-16(2)20(17(3)14-15)23-21(18-9-5-4-6-10-18)19-11-7-8-12-22-19;1-11-8-12(2)15(13(3)9-11)17-10-14-6-4-5-7-16-14/h4-22,33,35H,1-3H3;4-18,27,29H,1-3H3;4-14,21,24H,15H2,1-3H3;4-14,21,23H,1-3H3;4-9,17H,10H2,1-3H3. The molecule has 0 amide bonds. The number of benzene rings is 12. The summed E-state index contributed by atoms with van der Waals surface area (Å²) in [6.07, 6.45) is 8.31. The summed E-state index contributed by atoms with van der Waals surface area (Å²) in [5, 5.41) is 18.6. The summed E-state index contributed by atoms with van der Waals surface area (Å²) in [4.78, 5) is 23.3. The number of hydrogen-bond acceptors (Lipinski definition) is 10. The topological polar surface area (TPSA) is 125 Å². The van der Waals surface area contributed by atoms with E-state index in [9.17, 15) is 0 Å². The third-order valence-corrected chi connectivity index (χ3v) is 23.0. The lowest BCUT2D eigenvalue weighted by Crippen LogP contribution is -2.17. The van der Waals surface area contributed by atoms with Crippen molar-refractivity contribution in [2.75, 3.05) is 26.6 Å². The molecule has 128 heavy (non-hydrogen) atoms. The molecule has 0 aliphatic heterocycles. The second kappa shape index (κ2) is 44.8. The zero-order valence-corrected chi connectivity index (χ0v) is 76.8. The average molecular weight is 1680 g/mol. The van der Waals surface area contributed by atoms with Crippen LogP contribution in [0.2, 0.25) is 0 Å². The van der Waals surface area contributed by atoms with Gasteiger partial charge in [0.1, 0.15) is 0 Å². The van der Waals surface area contributed by atoms with E-state index in [1.54, 1.807) is 0 Å². The van der Waals surface area contributed by atoms with Crippen molar-refractivity contribution in [3.05, 3.63) is 511 Å². The molecule has 0 fully saturated rings. The summed E-state index contributed by atoms with van der Waals surface area (Å²) in [6.45, 7) is 33.1. The number of hydrogen-bond donors (Lipinski definition) is 5. The van der Waals surface area contributed by atoms with Crippen molar-refractivity contribution in [2.24, 2.45) is 0 Å². The molecule has 0 radical (unpaired) electrons. The summed E-state index contributed by atoms with van der Waals surface area (Å²) >= 11 is 0. The fourth-order valence-corrected chi connectivity index (χ4v) is 17.4. The van der Waals surface area contributed by atoms with Crippen LogP contribution in [0.25, 0.3) is 33.5 Å². The second-order valence-corrected chi connectivity index (χ2v) is 33.6. The van der Waals surface area contributed by atoms with Crippen molar-refractivity contribution < 1.29 is 0 Å². The van der Waals surface area contributed by atoms with Crippen LogP contribution in [0, 0.1) is 104 Å². The molecule has 10 nitrogen and oxygen atoms in total. The second-order valence-electron chi connectivity index (χ2n) is 33.6. The molecule has 4 atom stereocenters. The highest BCUT2D eigenvalue weighted by molar-refractivity contribution is 5.74. The van der Waals surface area contributed by atoms with E-state index < -0.39 is 0 Å². The van der Waals surface area contributed by atoms with Gasteiger partial charge in [-0.25, -0.2) is 0 Å². The Kier molecular flexibility index (Phi) is 31.9. The minimum Gasteiger partial charge on any atom is -0.379 e. The van der Waals surface area contributed by atoms with Gasteiger partial charge in [0.2, 0.25) is 0 Å². The van der Waals surface area contributed by atoms with Crippen molar-refractivity contribution in [3.63, 3.8) is 0 Å². The summed E-state index contributed by atoms with van der Waals surface area (Å²) in [6, 6.07) is 123. The van der Waals surface area contributed by atoms with E-state index in [2.05, 4.69) is 443 Å². The first-order chi connectivity index (χ1) is 62.2. The maximum atomic E-state index is 5.17. The molecule has 0 aliphatic carbocycles. The summed E-state index contributed by atoms with van der Waals surface area (Å²) in [5.74, 6) is 0. The zero-order valence-electron chi connectivity index (χ0n) is 76.8. The quantitative estimate of drug-likeness (QED) is 0.0423. The van der Waals surface area contributed by atoms with Gasteiger partial charge in [-0.2, -0.15) is 0 Å². The van der Waals surface area contributed by atoms with E-state index in [4.69, 9.17) is 9.97 Å². The van der Waals surface area contributed by atoms with E-state index in [-0.39, 0.29) is 24.2 Å². The summed E-state index contributed by atoms with van der Waals surface area (Å²) in [5.41, 5.74) is 42.1. The van der Waals surface area contributed by atoms with Crippen molar-refractivity contribution in [3.8, 4) is 33.5 Å². The largest absolute Gasteiger partial charge is 0.379 e. The third kappa shape index (κ3) is 24.7. The van der Waals surface area contributed by atoms with Gasteiger partial charge in [-0.1, -0.05) is 319 Å². The van der Waals surface area contributed by atoms with E-state index in [1.165, 1.54) is 151 Å². The first-order valence-corrected chi connectivity index (χ1v) is 44.4. The molecule has 642 valence electrons. The zero-order chi connectivity index (χ0) is 89.8. The number of anilines is 5. The molecule has 0 aliphatic rings. The molecule has 0 saturated heterocycles. The van der Waals surface area contributed by atoms with Gasteiger partial charge in [0, 0.05) is 58.8 Å². The summed E-state index contributed by atoms with van der Waals surface area (Å²) < 4.78 is 0. The molecule has 10 heteroatoms. The van der Waals surface area contributed by atoms with E-state index in [0.717, 1.165) is 58.4 Å².